The molecule has 24 heavy (non-hydrogen) atoms. The van der Waals surface area contributed by atoms with Gasteiger partial charge >= 0.3 is 0 Å². The van der Waals surface area contributed by atoms with Crippen molar-refractivity contribution in [1.82, 2.24) is 0 Å². The van der Waals surface area contributed by atoms with Crippen LogP contribution >= 0.6 is 0 Å². The van der Waals surface area contributed by atoms with E-state index in [-0.39, 0.29) is 5.91 Å². The lowest BCUT2D eigenvalue weighted by Gasteiger charge is -2.21. The molecule has 0 aromatic heterocycles. The summed E-state index contributed by atoms with van der Waals surface area (Å²) in [4.78, 5) is 14.5. The van der Waals surface area contributed by atoms with Crippen molar-refractivity contribution in [1.29, 1.82) is 0 Å². The van der Waals surface area contributed by atoms with Gasteiger partial charge in [0.2, 0.25) is 0 Å². The summed E-state index contributed by atoms with van der Waals surface area (Å²) < 4.78 is 0. The molecule has 0 N–H and O–H groups in total. The summed E-state index contributed by atoms with van der Waals surface area (Å²) in [7, 11) is 0. The molecule has 0 heterocycles. The predicted molar refractivity (Wildman–Crippen MR) is 100 cm³/mol. The van der Waals surface area contributed by atoms with Gasteiger partial charge in [0.25, 0.3) is 5.91 Å². The Balaban J connectivity index is 1.91. The van der Waals surface area contributed by atoms with Crippen LogP contribution in [-0.2, 0) is 4.79 Å². The van der Waals surface area contributed by atoms with E-state index >= 15 is 0 Å². The van der Waals surface area contributed by atoms with Crippen LogP contribution in [0, 0.1) is 6.92 Å². The molecular formula is C22H19NO. The van der Waals surface area contributed by atoms with Crippen molar-refractivity contribution >= 4 is 23.4 Å². The Labute approximate surface area is 142 Å². The molecule has 2 heteroatoms. The first-order chi connectivity index (χ1) is 11.7. The molecule has 0 aliphatic heterocycles. The first kappa shape index (κ1) is 15.8. The fourth-order valence-electron chi connectivity index (χ4n) is 2.48. The number of benzene rings is 3. The first-order valence-electron chi connectivity index (χ1n) is 7.93. The second kappa shape index (κ2) is 7.42. The number of nitrogens with zero attached hydrogens (tertiary/aromatic N) is 1. The molecule has 0 saturated carbocycles. The van der Waals surface area contributed by atoms with E-state index in [2.05, 4.69) is 0 Å². The zero-order chi connectivity index (χ0) is 16.8. The highest BCUT2D eigenvalue weighted by Gasteiger charge is 2.14. The maximum absolute atomic E-state index is 12.8. The molecule has 0 fully saturated rings. The summed E-state index contributed by atoms with van der Waals surface area (Å²) in [5, 5.41) is 0. The monoisotopic (exact) mass is 313 g/mol. The lowest BCUT2D eigenvalue weighted by Crippen LogP contribution is -2.23. The lowest BCUT2D eigenvalue weighted by molar-refractivity contribution is -0.113. The molecule has 0 bridgehead atoms. The standard InChI is InChI=1S/C22H19NO/c1-18-12-14-19(15-13-18)16-17-22(24)23(20-8-4-2-5-9-20)21-10-6-3-7-11-21/h2-17H,1H3. The average Bonchev–Trinajstić information content (AvgIpc) is 2.63. The van der Waals surface area contributed by atoms with E-state index in [1.807, 2.05) is 97.9 Å². The minimum atomic E-state index is -0.0759. The Morgan fingerprint density at radius 1 is 0.750 bits per heavy atom. The number of hydrogen-bond donors (Lipinski definition) is 0. The van der Waals surface area contributed by atoms with E-state index < -0.39 is 0 Å². The molecule has 1 amide bonds. The van der Waals surface area contributed by atoms with E-state index in [0.717, 1.165) is 16.9 Å². The molecule has 0 radical (unpaired) electrons. The minimum absolute atomic E-state index is 0.0759. The molecule has 0 saturated heterocycles. The molecule has 3 aromatic carbocycles. The first-order valence-corrected chi connectivity index (χ1v) is 7.93. The van der Waals surface area contributed by atoms with E-state index in [0.29, 0.717) is 0 Å². The van der Waals surface area contributed by atoms with Crippen molar-refractivity contribution in [2.24, 2.45) is 0 Å². The molecule has 118 valence electrons. The third-order valence-corrected chi connectivity index (χ3v) is 3.74. The van der Waals surface area contributed by atoms with Gasteiger partial charge in [0.1, 0.15) is 0 Å². The van der Waals surface area contributed by atoms with Gasteiger partial charge < -0.3 is 0 Å². The molecule has 3 rings (SSSR count). The summed E-state index contributed by atoms with van der Waals surface area (Å²) in [6, 6.07) is 27.5. The van der Waals surface area contributed by atoms with Crippen molar-refractivity contribution in [2.75, 3.05) is 4.90 Å². The second-order valence-electron chi connectivity index (χ2n) is 5.59. The highest BCUT2D eigenvalue weighted by Crippen LogP contribution is 2.25. The van der Waals surface area contributed by atoms with Crippen molar-refractivity contribution in [3.05, 3.63) is 102 Å². The van der Waals surface area contributed by atoms with E-state index in [1.165, 1.54) is 5.56 Å². The highest BCUT2D eigenvalue weighted by atomic mass is 16.2. The zero-order valence-electron chi connectivity index (χ0n) is 13.6. The summed E-state index contributed by atoms with van der Waals surface area (Å²) in [6.45, 7) is 2.05. The molecule has 0 aliphatic carbocycles. The van der Waals surface area contributed by atoms with Crippen LogP contribution in [0.1, 0.15) is 11.1 Å². The van der Waals surface area contributed by atoms with Crippen LogP contribution in [0.5, 0.6) is 0 Å². The van der Waals surface area contributed by atoms with E-state index in [4.69, 9.17) is 0 Å². The normalized spacial score (nSPS) is 10.7. The largest absolute Gasteiger partial charge is 0.278 e. The van der Waals surface area contributed by atoms with Crippen molar-refractivity contribution in [3.8, 4) is 0 Å². The predicted octanol–water partition coefficient (Wildman–Crippen LogP) is 5.37. The number of carbonyl (C=O) groups is 1. The van der Waals surface area contributed by atoms with Crippen molar-refractivity contribution in [3.63, 3.8) is 0 Å². The number of amides is 1. The average molecular weight is 313 g/mol. The molecule has 0 aliphatic rings. The lowest BCUT2D eigenvalue weighted by atomic mass is 10.1. The van der Waals surface area contributed by atoms with Crippen LogP contribution in [-0.4, -0.2) is 5.91 Å². The number of aryl methyl sites for hydroxylation is 1. The summed E-state index contributed by atoms with van der Waals surface area (Å²) in [5.41, 5.74) is 3.91. The van der Waals surface area contributed by atoms with Crippen LogP contribution in [0.4, 0.5) is 11.4 Å². The third-order valence-electron chi connectivity index (χ3n) is 3.74. The Morgan fingerprint density at radius 2 is 1.25 bits per heavy atom. The van der Waals surface area contributed by atoms with E-state index in [9.17, 15) is 4.79 Å². The van der Waals surface area contributed by atoms with Gasteiger partial charge in [-0.25, -0.2) is 0 Å². The Hall–Kier alpha value is -3.13. The number of anilines is 2. The molecule has 0 unspecified atom stereocenters. The number of rotatable bonds is 4. The molecule has 0 spiro atoms. The van der Waals surface area contributed by atoms with Crippen LogP contribution in [0.25, 0.3) is 6.08 Å². The second-order valence-corrected chi connectivity index (χ2v) is 5.59. The van der Waals surface area contributed by atoms with Crippen molar-refractivity contribution in [2.45, 2.75) is 6.92 Å². The van der Waals surface area contributed by atoms with Crippen LogP contribution in [0.3, 0.4) is 0 Å². The summed E-state index contributed by atoms with van der Waals surface area (Å²) in [5.74, 6) is -0.0759. The van der Waals surface area contributed by atoms with Gasteiger partial charge in [-0.3, -0.25) is 9.69 Å². The van der Waals surface area contributed by atoms with Gasteiger partial charge in [0.15, 0.2) is 0 Å². The van der Waals surface area contributed by atoms with Gasteiger partial charge in [-0.1, -0.05) is 66.2 Å². The number of para-hydroxylation sites is 2. The van der Waals surface area contributed by atoms with Gasteiger partial charge in [-0.05, 0) is 42.8 Å². The van der Waals surface area contributed by atoms with Gasteiger partial charge in [0.05, 0.1) is 0 Å². The number of carbonyl (C=O) groups excluding carboxylic acids is 1. The SMILES string of the molecule is Cc1ccc(C=CC(=O)N(c2ccccc2)c2ccccc2)cc1. The van der Waals surface area contributed by atoms with E-state index in [1.54, 1.807) is 11.0 Å². The number of hydrogen-bond acceptors (Lipinski definition) is 1. The van der Waals surface area contributed by atoms with Crippen LogP contribution < -0.4 is 4.90 Å². The smallest absolute Gasteiger partial charge is 0.255 e. The van der Waals surface area contributed by atoms with Crippen LogP contribution in [0.2, 0.25) is 0 Å². The Bertz CT molecular complexity index is 781. The molecule has 3 aromatic rings. The Kier molecular flexibility index (Phi) is 4.87. The van der Waals surface area contributed by atoms with Gasteiger partial charge in [-0.15, -0.1) is 0 Å². The highest BCUT2D eigenvalue weighted by molar-refractivity contribution is 6.08. The third kappa shape index (κ3) is 3.79. The molecular weight excluding hydrogens is 294 g/mol. The maximum atomic E-state index is 12.8. The summed E-state index contributed by atoms with van der Waals surface area (Å²) >= 11 is 0. The molecule has 2 nitrogen and oxygen atoms in total. The fourth-order valence-corrected chi connectivity index (χ4v) is 2.48. The summed E-state index contributed by atoms with van der Waals surface area (Å²) in [6.07, 6.45) is 3.46. The maximum Gasteiger partial charge on any atom is 0.255 e. The van der Waals surface area contributed by atoms with Gasteiger partial charge in [-0.2, -0.15) is 0 Å². The van der Waals surface area contributed by atoms with Crippen LogP contribution in [0.15, 0.2) is 91.0 Å². The minimum Gasteiger partial charge on any atom is -0.278 e. The topological polar surface area (TPSA) is 20.3 Å². The van der Waals surface area contributed by atoms with Crippen molar-refractivity contribution < 1.29 is 4.79 Å². The van der Waals surface area contributed by atoms with Gasteiger partial charge in [0, 0.05) is 17.5 Å². The Morgan fingerprint density at radius 3 is 1.75 bits per heavy atom. The quantitative estimate of drug-likeness (QED) is 0.593. The fraction of sp³-hybridized carbons (Fsp3) is 0.0455. The zero-order valence-corrected chi connectivity index (χ0v) is 13.6. The molecule has 0 atom stereocenters.